The highest BCUT2D eigenvalue weighted by Gasteiger charge is 2.51. The molecule has 0 saturated heterocycles. The highest BCUT2D eigenvalue weighted by Crippen LogP contribution is 2.60. The Morgan fingerprint density at radius 3 is 2.23 bits per heavy atom. The molecule has 4 saturated carbocycles. The van der Waals surface area contributed by atoms with Crippen LogP contribution in [-0.4, -0.2) is 25.8 Å². The van der Waals surface area contributed by atoms with E-state index in [-0.39, 0.29) is 5.56 Å². The molecule has 4 aliphatic rings. The fourth-order valence-electron chi connectivity index (χ4n) is 8.24. The van der Waals surface area contributed by atoms with Gasteiger partial charge in [0.2, 0.25) is 0 Å². The first-order chi connectivity index (χ1) is 18.9. The number of nitrogens with zero attached hydrogens (tertiary/aromatic N) is 4. The number of nitrogens with one attached hydrogen (secondary N) is 1. The zero-order chi connectivity index (χ0) is 26.7. The number of aromatic nitrogens is 4. The summed E-state index contributed by atoms with van der Waals surface area (Å²) in [5.41, 5.74) is 7.87. The van der Waals surface area contributed by atoms with Crippen LogP contribution in [0.1, 0.15) is 72.3 Å². The fraction of sp³-hybridized carbons (Fsp3) is 0.424. The molecule has 39 heavy (non-hydrogen) atoms. The highest BCUT2D eigenvalue weighted by atomic mass is 16.1. The lowest BCUT2D eigenvalue weighted by Gasteiger charge is -2.57. The zero-order valence-corrected chi connectivity index (χ0v) is 23.2. The number of rotatable bonds is 6. The van der Waals surface area contributed by atoms with Crippen LogP contribution in [0.2, 0.25) is 0 Å². The quantitative estimate of drug-likeness (QED) is 0.293. The van der Waals surface area contributed by atoms with Crippen LogP contribution in [0, 0.1) is 38.5 Å². The summed E-state index contributed by atoms with van der Waals surface area (Å²) in [6, 6.07) is 19.1. The van der Waals surface area contributed by atoms with Crippen LogP contribution in [0.3, 0.4) is 0 Å². The molecule has 1 N–H and O–H groups in total. The summed E-state index contributed by atoms with van der Waals surface area (Å²) in [5.74, 6) is 2.76. The van der Waals surface area contributed by atoms with Gasteiger partial charge in [-0.2, -0.15) is 5.10 Å². The van der Waals surface area contributed by atoms with Crippen molar-refractivity contribution < 1.29 is 0 Å². The molecule has 0 unspecified atom stereocenters. The molecule has 4 bridgehead atoms. The fourth-order valence-corrected chi connectivity index (χ4v) is 8.24. The molecule has 6 heteroatoms. The van der Waals surface area contributed by atoms with Crippen molar-refractivity contribution in [1.82, 2.24) is 19.6 Å². The van der Waals surface area contributed by atoms with Gasteiger partial charge < -0.3 is 0 Å². The molecular weight excluding hydrogens is 482 g/mol. The maximum absolute atomic E-state index is 13.5. The largest absolute Gasteiger partial charge is 0.295 e. The van der Waals surface area contributed by atoms with Crippen LogP contribution in [0.25, 0.3) is 5.69 Å². The van der Waals surface area contributed by atoms with Crippen molar-refractivity contribution in [3.63, 3.8) is 0 Å². The molecule has 2 heterocycles. The number of benzene rings is 2. The van der Waals surface area contributed by atoms with E-state index in [0.717, 1.165) is 46.2 Å². The molecule has 200 valence electrons. The summed E-state index contributed by atoms with van der Waals surface area (Å²) >= 11 is 0. The third kappa shape index (κ3) is 4.21. The number of hydrogen-bond donors (Lipinski definition) is 1. The van der Waals surface area contributed by atoms with Crippen molar-refractivity contribution in [2.45, 2.75) is 71.3 Å². The molecule has 6 nitrogen and oxygen atoms in total. The standard InChI is InChI=1S/C33H37N5O/c1-21-30(19-34-31-22(2)35-37(23(31)3)20-24-7-5-4-6-8-24)32(39)38(36-21)29-11-9-28(10-12-29)33-16-25-13-26(17-33)15-27(14-25)18-33/h4-12,19,25-27,36H,13-18,20H2,1-3H3. The van der Waals surface area contributed by atoms with Crippen LogP contribution in [-0.2, 0) is 12.0 Å². The van der Waals surface area contributed by atoms with Crippen molar-refractivity contribution in [2.24, 2.45) is 22.7 Å². The van der Waals surface area contributed by atoms with Gasteiger partial charge in [-0.05, 0) is 106 Å². The van der Waals surface area contributed by atoms with Gasteiger partial charge in [0.1, 0.15) is 5.69 Å². The average molecular weight is 520 g/mol. The van der Waals surface area contributed by atoms with Crippen molar-refractivity contribution >= 4 is 11.9 Å². The minimum atomic E-state index is -0.0780. The minimum Gasteiger partial charge on any atom is -0.295 e. The van der Waals surface area contributed by atoms with Gasteiger partial charge >= 0.3 is 0 Å². The number of aliphatic imine (C=N–C) groups is 1. The van der Waals surface area contributed by atoms with Gasteiger partial charge in [0, 0.05) is 11.9 Å². The molecule has 4 aromatic rings. The lowest BCUT2D eigenvalue weighted by molar-refractivity contribution is -0.00518. The van der Waals surface area contributed by atoms with Crippen LogP contribution in [0.15, 0.2) is 64.4 Å². The average Bonchev–Trinajstić information content (AvgIpc) is 3.35. The first-order valence-corrected chi connectivity index (χ1v) is 14.4. The van der Waals surface area contributed by atoms with Gasteiger partial charge in [-0.1, -0.05) is 42.5 Å². The molecular formula is C33H37N5O. The van der Waals surface area contributed by atoms with E-state index in [2.05, 4.69) is 41.5 Å². The number of aromatic amines is 1. The number of aryl methyl sites for hydroxylation is 2. The van der Waals surface area contributed by atoms with Gasteiger partial charge in [0.25, 0.3) is 5.56 Å². The topological polar surface area (TPSA) is 68.0 Å². The highest BCUT2D eigenvalue weighted by molar-refractivity contribution is 5.83. The molecule has 4 fully saturated rings. The van der Waals surface area contributed by atoms with Crippen molar-refractivity contribution in [3.8, 4) is 5.69 Å². The van der Waals surface area contributed by atoms with E-state index < -0.39 is 0 Å². The van der Waals surface area contributed by atoms with E-state index in [0.29, 0.717) is 17.5 Å². The van der Waals surface area contributed by atoms with Gasteiger partial charge in [0.05, 0.1) is 29.2 Å². The van der Waals surface area contributed by atoms with Crippen LogP contribution in [0.4, 0.5) is 5.69 Å². The lowest BCUT2D eigenvalue weighted by atomic mass is 9.48. The van der Waals surface area contributed by atoms with Crippen molar-refractivity contribution in [1.29, 1.82) is 0 Å². The summed E-state index contributed by atoms with van der Waals surface area (Å²) < 4.78 is 3.63. The Labute approximate surface area is 229 Å². The second-order valence-electron chi connectivity index (χ2n) is 12.5. The Hall–Kier alpha value is -3.67. The molecule has 0 atom stereocenters. The number of H-pyrrole nitrogens is 1. The third-order valence-corrected chi connectivity index (χ3v) is 9.73. The van der Waals surface area contributed by atoms with Crippen molar-refractivity contribution in [2.75, 3.05) is 0 Å². The Bertz CT molecular complexity index is 1570. The normalized spacial score (nSPS) is 25.7. The van der Waals surface area contributed by atoms with Crippen LogP contribution < -0.4 is 5.56 Å². The molecule has 2 aromatic carbocycles. The molecule has 8 rings (SSSR count). The smallest absolute Gasteiger partial charge is 0.280 e. The monoisotopic (exact) mass is 519 g/mol. The lowest BCUT2D eigenvalue weighted by Crippen LogP contribution is -2.48. The Morgan fingerprint density at radius 2 is 1.59 bits per heavy atom. The summed E-state index contributed by atoms with van der Waals surface area (Å²) in [6.07, 6.45) is 10.1. The van der Waals surface area contributed by atoms with E-state index in [4.69, 9.17) is 10.1 Å². The molecule has 0 amide bonds. The molecule has 4 aliphatic carbocycles. The second-order valence-corrected chi connectivity index (χ2v) is 12.5. The predicted molar refractivity (Wildman–Crippen MR) is 155 cm³/mol. The molecule has 0 aliphatic heterocycles. The summed E-state index contributed by atoms with van der Waals surface area (Å²) in [7, 11) is 0. The summed E-state index contributed by atoms with van der Waals surface area (Å²) in [5, 5.41) is 7.98. The van der Waals surface area contributed by atoms with E-state index in [1.807, 2.05) is 43.7 Å². The first kappa shape index (κ1) is 24.4. The van der Waals surface area contributed by atoms with Crippen LogP contribution in [0.5, 0.6) is 0 Å². The van der Waals surface area contributed by atoms with E-state index in [1.165, 1.54) is 49.7 Å². The van der Waals surface area contributed by atoms with E-state index in [9.17, 15) is 4.79 Å². The summed E-state index contributed by atoms with van der Waals surface area (Å²) in [4.78, 5) is 18.2. The SMILES string of the molecule is Cc1nn(Cc2ccccc2)c(C)c1N=Cc1c(C)[nH]n(-c2ccc(C34CC5CC(CC(C5)C3)C4)cc2)c1=O. The van der Waals surface area contributed by atoms with Gasteiger partial charge in [-0.15, -0.1) is 0 Å². The Morgan fingerprint density at radius 1 is 0.949 bits per heavy atom. The molecule has 2 aromatic heterocycles. The summed E-state index contributed by atoms with van der Waals surface area (Å²) in [6.45, 7) is 6.62. The van der Waals surface area contributed by atoms with Gasteiger partial charge in [-0.25, -0.2) is 4.68 Å². The second kappa shape index (κ2) is 9.22. The van der Waals surface area contributed by atoms with Crippen LogP contribution >= 0.6 is 0 Å². The van der Waals surface area contributed by atoms with E-state index in [1.54, 1.807) is 10.9 Å². The molecule has 0 spiro atoms. The third-order valence-electron chi connectivity index (χ3n) is 9.73. The first-order valence-electron chi connectivity index (χ1n) is 14.4. The maximum atomic E-state index is 13.5. The predicted octanol–water partition coefficient (Wildman–Crippen LogP) is 6.55. The minimum absolute atomic E-state index is 0.0780. The van der Waals surface area contributed by atoms with Gasteiger partial charge in [0.15, 0.2) is 0 Å². The maximum Gasteiger partial charge on any atom is 0.280 e. The van der Waals surface area contributed by atoms with Crippen molar-refractivity contribution in [3.05, 3.63) is 98.7 Å². The Balaban J connectivity index is 1.14. The van der Waals surface area contributed by atoms with E-state index >= 15 is 0 Å². The van der Waals surface area contributed by atoms with Gasteiger partial charge in [-0.3, -0.25) is 19.6 Å². The Kier molecular flexibility index (Phi) is 5.76. The number of hydrogen-bond acceptors (Lipinski definition) is 3. The zero-order valence-electron chi connectivity index (χ0n) is 23.2. The molecule has 0 radical (unpaired) electrons.